The van der Waals surface area contributed by atoms with Gasteiger partial charge in [-0.05, 0) is 24.6 Å². The van der Waals surface area contributed by atoms with Crippen molar-refractivity contribution in [1.29, 1.82) is 0 Å². The molecule has 2 aliphatic heterocycles. The van der Waals surface area contributed by atoms with Crippen LogP contribution in [0.2, 0.25) is 0 Å². The van der Waals surface area contributed by atoms with Crippen molar-refractivity contribution in [2.24, 2.45) is 0 Å². The second-order valence-electron chi connectivity index (χ2n) is 7.11. The monoisotopic (exact) mass is 395 g/mol. The number of rotatable bonds is 6. The first-order chi connectivity index (χ1) is 14.1. The van der Waals surface area contributed by atoms with Gasteiger partial charge in [-0.2, -0.15) is 0 Å². The van der Waals surface area contributed by atoms with E-state index >= 15 is 0 Å². The number of nitrogens with one attached hydrogen (secondary N) is 1. The van der Waals surface area contributed by atoms with Crippen LogP contribution in [0.4, 0.5) is 5.82 Å². The molecular formula is C21H25N5O3. The number of ether oxygens (including phenoxy) is 2. The minimum Gasteiger partial charge on any atom is -0.454 e. The zero-order valence-corrected chi connectivity index (χ0v) is 16.6. The van der Waals surface area contributed by atoms with E-state index in [1.54, 1.807) is 12.1 Å². The smallest absolute Gasteiger partial charge is 0.270 e. The Morgan fingerprint density at radius 1 is 1.17 bits per heavy atom. The summed E-state index contributed by atoms with van der Waals surface area (Å²) in [6.07, 6.45) is 1.65. The molecule has 2 aromatic rings. The topological polar surface area (TPSA) is 79.8 Å². The molecule has 1 fully saturated rings. The summed E-state index contributed by atoms with van der Waals surface area (Å²) in [5.74, 6) is 2.81. The Morgan fingerprint density at radius 3 is 2.76 bits per heavy atom. The van der Waals surface area contributed by atoms with E-state index in [0.717, 1.165) is 50.0 Å². The minimum atomic E-state index is -0.210. The number of aromatic nitrogens is 2. The largest absolute Gasteiger partial charge is 0.454 e. The van der Waals surface area contributed by atoms with Crippen molar-refractivity contribution in [3.8, 4) is 11.5 Å². The molecule has 0 saturated carbocycles. The van der Waals surface area contributed by atoms with Crippen LogP contribution in [0.5, 0.6) is 11.5 Å². The number of amides is 1. The Kier molecular flexibility index (Phi) is 5.62. The molecule has 1 amide bonds. The molecule has 0 aliphatic carbocycles. The van der Waals surface area contributed by atoms with Crippen LogP contribution in [0.25, 0.3) is 0 Å². The first-order valence-corrected chi connectivity index (χ1v) is 9.73. The predicted octanol–water partition coefficient (Wildman–Crippen LogP) is 1.75. The number of fused-ring (bicyclic) bond motifs is 1. The molecule has 4 rings (SSSR count). The lowest BCUT2D eigenvalue weighted by atomic mass is 10.1. The molecule has 1 aromatic heterocycles. The summed E-state index contributed by atoms with van der Waals surface area (Å²) < 4.78 is 10.8. The highest BCUT2D eigenvalue weighted by molar-refractivity contribution is 5.93. The number of nitrogens with zero attached hydrogens (tertiary/aromatic N) is 4. The van der Waals surface area contributed by atoms with E-state index in [1.807, 2.05) is 13.0 Å². The summed E-state index contributed by atoms with van der Waals surface area (Å²) in [7, 11) is 0. The van der Waals surface area contributed by atoms with Gasteiger partial charge in [0.1, 0.15) is 17.3 Å². The first kappa shape index (κ1) is 19.2. The summed E-state index contributed by atoms with van der Waals surface area (Å²) in [4.78, 5) is 25.6. The SMILES string of the molecule is C=CCNC(=O)c1cc(N2CCN(Cc3ccc4c(c3)OCO4)CC2)nc(C)n1. The Hall–Kier alpha value is -3.13. The van der Waals surface area contributed by atoms with Gasteiger partial charge in [-0.25, -0.2) is 9.97 Å². The van der Waals surface area contributed by atoms with Crippen LogP contribution in [0, 0.1) is 6.92 Å². The van der Waals surface area contributed by atoms with E-state index in [9.17, 15) is 4.79 Å². The van der Waals surface area contributed by atoms with Gasteiger partial charge >= 0.3 is 0 Å². The third kappa shape index (κ3) is 4.48. The van der Waals surface area contributed by atoms with Gasteiger partial charge < -0.3 is 19.7 Å². The zero-order chi connectivity index (χ0) is 20.2. The summed E-state index contributed by atoms with van der Waals surface area (Å²) in [6, 6.07) is 7.87. The molecule has 1 N–H and O–H groups in total. The standard InChI is InChI=1S/C21H25N5O3/c1-3-6-22-21(27)17-12-20(24-15(2)23-17)26-9-7-25(8-10-26)13-16-4-5-18-19(11-16)29-14-28-18/h3-5,11-12H,1,6-10,13-14H2,2H3,(H,22,27). The normalized spacial score (nSPS) is 16.0. The quantitative estimate of drug-likeness (QED) is 0.747. The second kappa shape index (κ2) is 8.48. The lowest BCUT2D eigenvalue weighted by Crippen LogP contribution is -2.46. The minimum absolute atomic E-state index is 0.210. The van der Waals surface area contributed by atoms with Gasteiger partial charge in [-0.15, -0.1) is 6.58 Å². The summed E-state index contributed by atoms with van der Waals surface area (Å²) in [6.45, 7) is 10.5. The fourth-order valence-electron chi connectivity index (χ4n) is 3.52. The number of hydrogen-bond acceptors (Lipinski definition) is 7. The maximum absolute atomic E-state index is 12.2. The summed E-state index contributed by atoms with van der Waals surface area (Å²) in [5.41, 5.74) is 1.60. The van der Waals surface area contributed by atoms with Gasteiger partial charge in [-0.1, -0.05) is 12.1 Å². The van der Waals surface area contributed by atoms with Crippen molar-refractivity contribution in [2.45, 2.75) is 13.5 Å². The fraction of sp³-hybridized carbons (Fsp3) is 0.381. The first-order valence-electron chi connectivity index (χ1n) is 9.73. The molecule has 8 heteroatoms. The van der Waals surface area contributed by atoms with Crippen LogP contribution in [0.15, 0.2) is 36.9 Å². The molecule has 0 spiro atoms. The van der Waals surface area contributed by atoms with Crippen LogP contribution in [0.1, 0.15) is 21.9 Å². The molecule has 0 unspecified atom stereocenters. The van der Waals surface area contributed by atoms with E-state index in [4.69, 9.17) is 9.47 Å². The van der Waals surface area contributed by atoms with Gasteiger partial charge in [0.15, 0.2) is 11.5 Å². The number of carbonyl (C=O) groups excluding carboxylic acids is 1. The van der Waals surface area contributed by atoms with Gasteiger partial charge in [0.2, 0.25) is 6.79 Å². The lowest BCUT2D eigenvalue weighted by Gasteiger charge is -2.35. The number of carbonyl (C=O) groups is 1. The molecule has 0 radical (unpaired) electrons. The van der Waals surface area contributed by atoms with E-state index in [-0.39, 0.29) is 5.91 Å². The highest BCUT2D eigenvalue weighted by Crippen LogP contribution is 2.32. The highest BCUT2D eigenvalue weighted by atomic mass is 16.7. The van der Waals surface area contributed by atoms with E-state index in [1.165, 1.54) is 5.56 Å². The Balaban J connectivity index is 1.37. The van der Waals surface area contributed by atoms with E-state index in [0.29, 0.717) is 24.9 Å². The maximum atomic E-state index is 12.2. The molecule has 1 saturated heterocycles. The van der Waals surface area contributed by atoms with Crippen molar-refractivity contribution in [3.05, 3.63) is 54.0 Å². The number of piperazine rings is 1. The molecule has 0 bridgehead atoms. The predicted molar refractivity (Wildman–Crippen MR) is 109 cm³/mol. The van der Waals surface area contributed by atoms with E-state index in [2.05, 4.69) is 43.8 Å². The fourth-order valence-corrected chi connectivity index (χ4v) is 3.52. The Morgan fingerprint density at radius 2 is 1.97 bits per heavy atom. The number of hydrogen-bond donors (Lipinski definition) is 1. The number of benzene rings is 1. The Labute approximate surface area is 170 Å². The van der Waals surface area contributed by atoms with Gasteiger partial charge in [0.05, 0.1) is 0 Å². The van der Waals surface area contributed by atoms with Crippen LogP contribution in [-0.4, -0.2) is 60.3 Å². The molecule has 152 valence electrons. The van der Waals surface area contributed by atoms with Crippen molar-refractivity contribution in [2.75, 3.05) is 44.4 Å². The van der Waals surface area contributed by atoms with Crippen LogP contribution in [-0.2, 0) is 6.54 Å². The average Bonchev–Trinajstić information content (AvgIpc) is 3.20. The van der Waals surface area contributed by atoms with E-state index < -0.39 is 0 Å². The van der Waals surface area contributed by atoms with Gasteiger partial charge in [0.25, 0.3) is 5.91 Å². The average molecular weight is 395 g/mol. The van der Waals surface area contributed by atoms with Crippen molar-refractivity contribution < 1.29 is 14.3 Å². The Bertz CT molecular complexity index is 909. The van der Waals surface area contributed by atoms with Gasteiger partial charge in [0, 0.05) is 45.3 Å². The van der Waals surface area contributed by atoms with Crippen LogP contribution < -0.4 is 19.7 Å². The van der Waals surface area contributed by atoms with Crippen molar-refractivity contribution in [1.82, 2.24) is 20.2 Å². The van der Waals surface area contributed by atoms with Crippen molar-refractivity contribution >= 4 is 11.7 Å². The lowest BCUT2D eigenvalue weighted by molar-refractivity contribution is 0.0952. The molecular weight excluding hydrogens is 370 g/mol. The van der Waals surface area contributed by atoms with Crippen LogP contribution >= 0.6 is 0 Å². The third-order valence-corrected chi connectivity index (χ3v) is 5.00. The van der Waals surface area contributed by atoms with Crippen LogP contribution in [0.3, 0.4) is 0 Å². The second-order valence-corrected chi connectivity index (χ2v) is 7.11. The summed E-state index contributed by atoms with van der Waals surface area (Å²) >= 11 is 0. The molecule has 1 aromatic carbocycles. The molecule has 29 heavy (non-hydrogen) atoms. The molecule has 8 nitrogen and oxygen atoms in total. The maximum Gasteiger partial charge on any atom is 0.270 e. The molecule has 3 heterocycles. The number of aryl methyl sites for hydroxylation is 1. The van der Waals surface area contributed by atoms with Gasteiger partial charge in [-0.3, -0.25) is 9.69 Å². The molecule has 2 aliphatic rings. The zero-order valence-electron chi connectivity index (χ0n) is 16.6. The van der Waals surface area contributed by atoms with Crippen molar-refractivity contribution in [3.63, 3.8) is 0 Å². The highest BCUT2D eigenvalue weighted by Gasteiger charge is 2.21. The third-order valence-electron chi connectivity index (χ3n) is 5.00. The number of anilines is 1. The molecule has 0 atom stereocenters. The summed E-state index contributed by atoms with van der Waals surface area (Å²) in [5, 5.41) is 2.76.